The van der Waals surface area contributed by atoms with E-state index in [1.807, 2.05) is 0 Å². The van der Waals surface area contributed by atoms with E-state index in [1.165, 1.54) is 25.7 Å². The Morgan fingerprint density at radius 2 is 1.70 bits per heavy atom. The zero-order valence-electron chi connectivity index (χ0n) is 7.98. The van der Waals surface area contributed by atoms with Gasteiger partial charge in [0.2, 0.25) is 0 Å². The van der Waals surface area contributed by atoms with Crippen molar-refractivity contribution in [3.05, 3.63) is 0 Å². The Labute approximate surface area is 66.0 Å². The molecule has 0 aliphatic rings. The molecule has 0 aliphatic carbocycles. The minimum absolute atomic E-state index is 0.886. The minimum atomic E-state index is 0.886. The highest BCUT2D eigenvalue weighted by Gasteiger charge is 2.08. The van der Waals surface area contributed by atoms with E-state index < -0.39 is 0 Å². The molecule has 0 fully saturated rings. The Bertz CT molecular complexity index is 64.4. The van der Waals surface area contributed by atoms with Crippen molar-refractivity contribution >= 4 is 0 Å². The largest absolute Gasteiger partial charge is 0.0654 e. The second-order valence-electron chi connectivity index (χ2n) is 3.55. The van der Waals surface area contributed by atoms with Crippen molar-refractivity contribution in [2.45, 2.75) is 53.4 Å². The molecule has 1 atom stereocenters. The molecule has 0 bridgehead atoms. The third-order valence-corrected chi connectivity index (χ3v) is 2.40. The molecule has 1 unspecified atom stereocenters. The molecule has 0 radical (unpaired) electrons. The average molecular weight is 142 g/mol. The van der Waals surface area contributed by atoms with Crippen molar-refractivity contribution in [1.29, 1.82) is 0 Å². The van der Waals surface area contributed by atoms with Crippen molar-refractivity contribution in [3.8, 4) is 0 Å². The molecule has 0 heterocycles. The first kappa shape index (κ1) is 10.0. The number of unbranched alkanes of at least 4 members (excludes halogenated alkanes) is 1. The summed E-state index contributed by atoms with van der Waals surface area (Å²) in [6, 6.07) is 0. The predicted molar refractivity (Wildman–Crippen MR) is 48.1 cm³/mol. The summed E-state index contributed by atoms with van der Waals surface area (Å²) < 4.78 is 0. The lowest BCUT2D eigenvalue weighted by Crippen LogP contribution is -2.06. The number of hydrogen-bond donors (Lipinski definition) is 0. The molecule has 0 N–H and O–H groups in total. The van der Waals surface area contributed by atoms with E-state index in [4.69, 9.17) is 0 Å². The minimum Gasteiger partial charge on any atom is -0.0654 e. The van der Waals surface area contributed by atoms with Crippen LogP contribution in [0, 0.1) is 11.8 Å². The van der Waals surface area contributed by atoms with Gasteiger partial charge in [-0.2, -0.15) is 0 Å². The van der Waals surface area contributed by atoms with Crippen LogP contribution in [-0.2, 0) is 0 Å². The van der Waals surface area contributed by atoms with E-state index in [0.29, 0.717) is 0 Å². The van der Waals surface area contributed by atoms with E-state index in [-0.39, 0.29) is 0 Å². The molecular formula is C10H22. The summed E-state index contributed by atoms with van der Waals surface area (Å²) in [5, 5.41) is 0. The zero-order valence-corrected chi connectivity index (χ0v) is 7.98. The third kappa shape index (κ3) is 3.92. The van der Waals surface area contributed by atoms with Crippen molar-refractivity contribution in [1.82, 2.24) is 0 Å². The quantitative estimate of drug-likeness (QED) is 0.547. The molecule has 62 valence electrons. The molecule has 0 aromatic rings. The zero-order chi connectivity index (χ0) is 7.98. The van der Waals surface area contributed by atoms with Crippen molar-refractivity contribution < 1.29 is 0 Å². The summed E-state index contributed by atoms with van der Waals surface area (Å²) in [7, 11) is 0. The van der Waals surface area contributed by atoms with Crippen LogP contribution in [0.3, 0.4) is 0 Å². The lowest BCUT2D eigenvalue weighted by molar-refractivity contribution is 0.339. The number of hydrogen-bond acceptors (Lipinski definition) is 0. The van der Waals surface area contributed by atoms with Gasteiger partial charge in [0, 0.05) is 0 Å². The topological polar surface area (TPSA) is 0 Å². The van der Waals surface area contributed by atoms with E-state index in [2.05, 4.69) is 27.7 Å². The standard InChI is InChI=1S/C10H22/c1-5-7-8-10(6-2)9(3)4/h9-10H,5-8H2,1-4H3. The molecule has 0 aromatic heterocycles. The molecule has 0 aliphatic heterocycles. The summed E-state index contributed by atoms with van der Waals surface area (Å²) in [4.78, 5) is 0. The van der Waals surface area contributed by atoms with Crippen LogP contribution in [0.1, 0.15) is 53.4 Å². The maximum absolute atomic E-state index is 2.34. The van der Waals surface area contributed by atoms with Crippen molar-refractivity contribution in [3.63, 3.8) is 0 Å². The highest BCUT2D eigenvalue weighted by Crippen LogP contribution is 2.20. The van der Waals surface area contributed by atoms with E-state index >= 15 is 0 Å². The Hall–Kier alpha value is 0. The highest BCUT2D eigenvalue weighted by atomic mass is 14.1. The van der Waals surface area contributed by atoms with Gasteiger partial charge in [-0.15, -0.1) is 0 Å². The van der Waals surface area contributed by atoms with Crippen LogP contribution in [-0.4, -0.2) is 0 Å². The number of rotatable bonds is 5. The first-order chi connectivity index (χ1) is 4.72. The van der Waals surface area contributed by atoms with Crippen LogP contribution in [0.4, 0.5) is 0 Å². The summed E-state index contributed by atoms with van der Waals surface area (Å²) >= 11 is 0. The maximum Gasteiger partial charge on any atom is -0.0394 e. The second-order valence-corrected chi connectivity index (χ2v) is 3.55. The van der Waals surface area contributed by atoms with Gasteiger partial charge in [-0.1, -0.05) is 53.4 Å². The molecular weight excluding hydrogens is 120 g/mol. The fourth-order valence-electron chi connectivity index (χ4n) is 1.48. The molecule has 10 heavy (non-hydrogen) atoms. The smallest absolute Gasteiger partial charge is 0.0394 e. The fourth-order valence-corrected chi connectivity index (χ4v) is 1.48. The van der Waals surface area contributed by atoms with Gasteiger partial charge in [0.25, 0.3) is 0 Å². The van der Waals surface area contributed by atoms with Crippen LogP contribution in [0.5, 0.6) is 0 Å². The van der Waals surface area contributed by atoms with Gasteiger partial charge < -0.3 is 0 Å². The predicted octanol–water partition coefficient (Wildman–Crippen LogP) is 3.86. The van der Waals surface area contributed by atoms with Gasteiger partial charge in [0.15, 0.2) is 0 Å². The summed E-state index contributed by atoms with van der Waals surface area (Å²) in [5.41, 5.74) is 0. The van der Waals surface area contributed by atoms with E-state index in [0.717, 1.165) is 11.8 Å². The highest BCUT2D eigenvalue weighted by molar-refractivity contribution is 4.60. The van der Waals surface area contributed by atoms with Crippen molar-refractivity contribution in [2.24, 2.45) is 11.8 Å². The summed E-state index contributed by atoms with van der Waals surface area (Å²) in [6.45, 7) is 9.25. The van der Waals surface area contributed by atoms with Crippen LogP contribution in [0.15, 0.2) is 0 Å². The molecule has 0 aromatic carbocycles. The van der Waals surface area contributed by atoms with Gasteiger partial charge >= 0.3 is 0 Å². The first-order valence-electron chi connectivity index (χ1n) is 4.72. The Kier molecular flexibility index (Phi) is 5.76. The van der Waals surface area contributed by atoms with E-state index in [1.54, 1.807) is 0 Å². The Balaban J connectivity index is 3.40. The lowest BCUT2D eigenvalue weighted by Gasteiger charge is -2.17. The molecule has 0 rings (SSSR count). The van der Waals surface area contributed by atoms with Gasteiger partial charge in [0.1, 0.15) is 0 Å². The third-order valence-electron chi connectivity index (χ3n) is 2.40. The van der Waals surface area contributed by atoms with Crippen LogP contribution in [0.2, 0.25) is 0 Å². The Morgan fingerprint density at radius 3 is 2.00 bits per heavy atom. The first-order valence-corrected chi connectivity index (χ1v) is 4.72. The monoisotopic (exact) mass is 142 g/mol. The van der Waals surface area contributed by atoms with Crippen molar-refractivity contribution in [2.75, 3.05) is 0 Å². The average Bonchev–Trinajstić information content (AvgIpc) is 1.89. The summed E-state index contributed by atoms with van der Waals surface area (Å²) in [6.07, 6.45) is 5.56. The SMILES string of the molecule is CCCCC(CC)C(C)C. The molecule has 0 spiro atoms. The molecule has 0 nitrogen and oxygen atoms in total. The Morgan fingerprint density at radius 1 is 1.10 bits per heavy atom. The summed E-state index contributed by atoms with van der Waals surface area (Å²) in [5.74, 6) is 1.86. The van der Waals surface area contributed by atoms with Crippen LogP contribution >= 0.6 is 0 Å². The van der Waals surface area contributed by atoms with Gasteiger partial charge in [-0.3, -0.25) is 0 Å². The van der Waals surface area contributed by atoms with Crippen LogP contribution < -0.4 is 0 Å². The second kappa shape index (κ2) is 5.76. The molecule has 0 saturated heterocycles. The van der Waals surface area contributed by atoms with Gasteiger partial charge in [-0.25, -0.2) is 0 Å². The maximum atomic E-state index is 2.34. The molecule has 0 amide bonds. The van der Waals surface area contributed by atoms with Crippen LogP contribution in [0.25, 0.3) is 0 Å². The molecule has 0 heteroatoms. The normalized spacial score (nSPS) is 14.1. The fraction of sp³-hybridized carbons (Fsp3) is 1.00. The van der Waals surface area contributed by atoms with Gasteiger partial charge in [0.05, 0.1) is 0 Å². The van der Waals surface area contributed by atoms with Gasteiger partial charge in [-0.05, 0) is 11.8 Å². The lowest BCUT2D eigenvalue weighted by atomic mass is 9.89. The molecule has 0 saturated carbocycles. The van der Waals surface area contributed by atoms with E-state index in [9.17, 15) is 0 Å².